The van der Waals surface area contributed by atoms with Gasteiger partial charge < -0.3 is 5.73 Å². The molecule has 11 heteroatoms. The van der Waals surface area contributed by atoms with E-state index in [0.717, 1.165) is 5.56 Å². The average molecular weight is 446 g/mol. The summed E-state index contributed by atoms with van der Waals surface area (Å²) >= 11 is 11.8. The minimum absolute atomic E-state index is 0.0833. The number of benzene rings is 2. The molecule has 0 aliphatic carbocycles. The first-order valence-corrected chi connectivity index (χ1v) is 9.40. The fourth-order valence-corrected chi connectivity index (χ4v) is 2.90. The van der Waals surface area contributed by atoms with Crippen LogP contribution in [0.3, 0.4) is 0 Å². The van der Waals surface area contributed by atoms with Gasteiger partial charge in [-0.25, -0.2) is 9.97 Å². The second-order valence-corrected chi connectivity index (χ2v) is 6.87. The highest BCUT2D eigenvalue weighted by Crippen LogP contribution is 2.22. The van der Waals surface area contributed by atoms with E-state index >= 15 is 0 Å². The number of hydrogen-bond donors (Lipinski definition) is 5. The van der Waals surface area contributed by atoms with Crippen molar-refractivity contribution in [3.8, 4) is 0 Å². The smallest absolute Gasteiger partial charge is 0.271 e. The molecule has 0 saturated heterocycles. The molecule has 0 aliphatic heterocycles. The summed E-state index contributed by atoms with van der Waals surface area (Å²) in [7, 11) is 0. The van der Waals surface area contributed by atoms with E-state index in [1.54, 1.807) is 6.07 Å². The van der Waals surface area contributed by atoms with E-state index in [1.807, 2.05) is 30.3 Å². The van der Waals surface area contributed by atoms with E-state index in [0.29, 0.717) is 5.02 Å². The third-order valence-corrected chi connectivity index (χ3v) is 4.43. The molecular weight excluding hydrogens is 429 g/mol. The van der Waals surface area contributed by atoms with Crippen molar-refractivity contribution in [2.75, 3.05) is 16.6 Å². The summed E-state index contributed by atoms with van der Waals surface area (Å²) in [5.41, 5.74) is 17.4. The fourth-order valence-electron chi connectivity index (χ4n) is 2.41. The van der Waals surface area contributed by atoms with Gasteiger partial charge >= 0.3 is 0 Å². The Morgan fingerprint density at radius 2 is 1.60 bits per heavy atom. The summed E-state index contributed by atoms with van der Waals surface area (Å²) in [4.78, 5) is 32.3. The number of nitrogens with zero attached hydrogens (tertiary/aromatic N) is 2. The predicted octanol–water partition coefficient (Wildman–Crippen LogP) is 2.81. The van der Waals surface area contributed by atoms with E-state index in [4.69, 9.17) is 28.9 Å². The third kappa shape index (κ3) is 5.49. The third-order valence-electron chi connectivity index (χ3n) is 3.88. The molecule has 1 aromatic heterocycles. The van der Waals surface area contributed by atoms with Gasteiger partial charge in [-0.1, -0.05) is 53.5 Å². The average Bonchev–Trinajstić information content (AvgIpc) is 2.72. The lowest BCUT2D eigenvalue weighted by Crippen LogP contribution is -2.33. The molecule has 0 saturated carbocycles. The molecule has 3 aromatic rings. The molecule has 154 valence electrons. The van der Waals surface area contributed by atoms with Crippen LogP contribution in [0.1, 0.15) is 15.9 Å². The molecule has 1 heterocycles. The first-order chi connectivity index (χ1) is 14.4. The van der Waals surface area contributed by atoms with Crippen molar-refractivity contribution in [2.24, 2.45) is 0 Å². The Hall–Kier alpha value is -3.56. The number of hydrazine groups is 2. The van der Waals surface area contributed by atoms with Crippen molar-refractivity contribution in [3.63, 3.8) is 0 Å². The molecule has 9 nitrogen and oxygen atoms in total. The maximum absolute atomic E-state index is 12.3. The second-order valence-electron chi connectivity index (χ2n) is 6.02. The monoisotopic (exact) mass is 445 g/mol. The molecule has 0 radical (unpaired) electrons. The van der Waals surface area contributed by atoms with Gasteiger partial charge in [0.05, 0.1) is 17.0 Å². The predicted molar refractivity (Wildman–Crippen MR) is 116 cm³/mol. The number of hydrogen-bond acceptors (Lipinski definition) is 7. The van der Waals surface area contributed by atoms with Crippen LogP contribution in [0.25, 0.3) is 0 Å². The Morgan fingerprint density at radius 1 is 0.933 bits per heavy atom. The Kier molecular flexibility index (Phi) is 6.89. The van der Waals surface area contributed by atoms with Crippen LogP contribution in [0.15, 0.2) is 54.9 Å². The van der Waals surface area contributed by atoms with Gasteiger partial charge in [0.2, 0.25) is 5.91 Å². The number of nitrogens with two attached hydrogens (primary N) is 1. The number of carbonyl (C=O) groups is 2. The minimum atomic E-state index is -0.514. The topological polar surface area (TPSA) is 134 Å². The van der Waals surface area contributed by atoms with Gasteiger partial charge in [0, 0.05) is 5.02 Å². The number of nitrogens with one attached hydrogen (secondary N) is 4. The lowest BCUT2D eigenvalue weighted by molar-refractivity contribution is -0.119. The Bertz CT molecular complexity index is 1060. The molecule has 0 unspecified atom stereocenters. The van der Waals surface area contributed by atoms with E-state index in [2.05, 4.69) is 31.7 Å². The number of carbonyl (C=O) groups excluding carboxylic acids is 2. The molecule has 0 bridgehead atoms. The minimum Gasteiger partial charge on any atom is -0.393 e. The van der Waals surface area contributed by atoms with Crippen molar-refractivity contribution in [1.29, 1.82) is 0 Å². The van der Waals surface area contributed by atoms with Crippen molar-refractivity contribution in [1.82, 2.24) is 20.8 Å². The molecule has 30 heavy (non-hydrogen) atoms. The van der Waals surface area contributed by atoms with Gasteiger partial charge in [-0.2, -0.15) is 0 Å². The summed E-state index contributed by atoms with van der Waals surface area (Å²) in [6.07, 6.45) is 1.40. The van der Waals surface area contributed by atoms with Crippen molar-refractivity contribution in [3.05, 3.63) is 76.0 Å². The summed E-state index contributed by atoms with van der Waals surface area (Å²) in [5.74, 6) is -0.504. The largest absolute Gasteiger partial charge is 0.393 e. The van der Waals surface area contributed by atoms with Gasteiger partial charge in [0.1, 0.15) is 12.0 Å². The number of aromatic nitrogens is 2. The zero-order chi connectivity index (χ0) is 21.5. The Balaban J connectivity index is 1.59. The van der Waals surface area contributed by atoms with Crippen LogP contribution < -0.4 is 27.4 Å². The zero-order valence-electron chi connectivity index (χ0n) is 15.4. The lowest BCUT2D eigenvalue weighted by Gasteiger charge is -2.14. The van der Waals surface area contributed by atoms with Crippen LogP contribution in [0.4, 0.5) is 17.3 Å². The molecule has 0 fully saturated rings. The molecular formula is C19H17Cl2N7O2. The number of rotatable bonds is 7. The number of halogens is 2. The maximum Gasteiger partial charge on any atom is 0.271 e. The molecule has 2 amide bonds. The Morgan fingerprint density at radius 3 is 2.27 bits per heavy atom. The van der Waals surface area contributed by atoms with Crippen LogP contribution >= 0.6 is 23.2 Å². The van der Waals surface area contributed by atoms with E-state index in [-0.39, 0.29) is 40.2 Å². The van der Waals surface area contributed by atoms with Gasteiger partial charge in [-0.15, -0.1) is 0 Å². The number of nitrogen functional groups attached to an aromatic ring is 1. The van der Waals surface area contributed by atoms with Crippen LogP contribution in [-0.2, 0) is 11.2 Å². The fraction of sp³-hybridized carbons (Fsp3) is 0.0526. The normalized spacial score (nSPS) is 10.2. The summed E-state index contributed by atoms with van der Waals surface area (Å²) in [6.45, 7) is 0. The molecule has 0 spiro atoms. The van der Waals surface area contributed by atoms with Crippen molar-refractivity contribution < 1.29 is 9.59 Å². The SMILES string of the molecule is Nc1c(NNC(=O)Cc2ccccc2)ncnc1NNC(=O)c1ccc(Cl)cc1Cl. The standard InChI is InChI=1S/C19H17Cl2N7O2/c20-12-6-7-13(14(21)9-12)19(30)28-27-18-16(22)17(23-10-24-18)26-25-15(29)8-11-4-2-1-3-5-11/h1-7,9-10H,8,22H2,(H,25,29)(H,28,30)(H2,23,24,26,27). The quantitative estimate of drug-likeness (QED) is 0.353. The molecule has 0 aliphatic rings. The van der Waals surface area contributed by atoms with Gasteiger partial charge in [-0.05, 0) is 23.8 Å². The zero-order valence-corrected chi connectivity index (χ0v) is 17.0. The lowest BCUT2D eigenvalue weighted by atomic mass is 10.1. The first kappa shape index (κ1) is 21.2. The summed E-state index contributed by atoms with van der Waals surface area (Å²) in [6, 6.07) is 13.7. The van der Waals surface area contributed by atoms with Crippen LogP contribution in [0, 0.1) is 0 Å². The van der Waals surface area contributed by atoms with Gasteiger partial charge in [0.25, 0.3) is 5.91 Å². The van der Waals surface area contributed by atoms with E-state index < -0.39 is 5.91 Å². The van der Waals surface area contributed by atoms with E-state index in [9.17, 15) is 9.59 Å². The molecule has 3 rings (SSSR count). The Labute approximate surface area is 181 Å². The maximum atomic E-state index is 12.3. The summed E-state index contributed by atoms with van der Waals surface area (Å²) in [5, 5.41) is 0.607. The van der Waals surface area contributed by atoms with Gasteiger partial charge in [0.15, 0.2) is 11.6 Å². The van der Waals surface area contributed by atoms with Crippen LogP contribution in [-0.4, -0.2) is 21.8 Å². The van der Waals surface area contributed by atoms with E-state index in [1.165, 1.54) is 18.5 Å². The van der Waals surface area contributed by atoms with Crippen LogP contribution in [0.5, 0.6) is 0 Å². The molecule has 6 N–H and O–H groups in total. The van der Waals surface area contributed by atoms with Gasteiger partial charge in [-0.3, -0.25) is 31.3 Å². The number of amides is 2. The van der Waals surface area contributed by atoms with Crippen molar-refractivity contribution >= 4 is 52.3 Å². The molecule has 2 aromatic carbocycles. The number of anilines is 3. The highest BCUT2D eigenvalue weighted by Gasteiger charge is 2.13. The van der Waals surface area contributed by atoms with Crippen molar-refractivity contribution in [2.45, 2.75) is 6.42 Å². The van der Waals surface area contributed by atoms with Crippen LogP contribution in [0.2, 0.25) is 10.0 Å². The second kappa shape index (κ2) is 9.77. The highest BCUT2D eigenvalue weighted by molar-refractivity contribution is 6.36. The highest BCUT2D eigenvalue weighted by atomic mass is 35.5. The first-order valence-electron chi connectivity index (χ1n) is 8.64. The molecule has 0 atom stereocenters. The summed E-state index contributed by atoms with van der Waals surface area (Å²) < 4.78 is 0.